The molecule has 0 aliphatic heterocycles. The number of hydrogen-bond acceptors (Lipinski definition) is 4. The molecule has 4 heteroatoms. The molecule has 1 heterocycles. The first-order valence-corrected chi connectivity index (χ1v) is 6.94. The highest BCUT2D eigenvalue weighted by molar-refractivity contribution is 5.73. The molecule has 2 N–H and O–H groups in total. The summed E-state index contributed by atoms with van der Waals surface area (Å²) in [4.78, 5) is 4.36. The largest absolute Gasteiger partial charge is 0.441 e. The van der Waals surface area contributed by atoms with E-state index in [9.17, 15) is 0 Å². The van der Waals surface area contributed by atoms with Gasteiger partial charge >= 0.3 is 0 Å². The van der Waals surface area contributed by atoms with Gasteiger partial charge in [-0.05, 0) is 43.8 Å². The van der Waals surface area contributed by atoms with Crippen LogP contribution in [0.4, 0.5) is 0 Å². The van der Waals surface area contributed by atoms with Crippen LogP contribution in [0.25, 0.3) is 11.1 Å². The average molecular weight is 261 g/mol. The second kappa shape index (κ2) is 6.68. The fraction of sp³-hybridized carbons (Fsp3) is 0.533. The number of benzene rings is 1. The SMILES string of the molecule is CCC(CNC)CNCc1ccc2oc(C)nc2c1. The van der Waals surface area contributed by atoms with Crippen LogP contribution in [0.15, 0.2) is 22.6 Å². The van der Waals surface area contributed by atoms with Crippen molar-refractivity contribution in [1.29, 1.82) is 0 Å². The molecule has 1 aromatic heterocycles. The van der Waals surface area contributed by atoms with E-state index in [-0.39, 0.29) is 0 Å². The van der Waals surface area contributed by atoms with Gasteiger partial charge < -0.3 is 15.1 Å². The summed E-state index contributed by atoms with van der Waals surface area (Å²) in [6.45, 7) is 7.08. The lowest BCUT2D eigenvalue weighted by Crippen LogP contribution is -2.29. The van der Waals surface area contributed by atoms with Crippen LogP contribution in [0.5, 0.6) is 0 Å². The second-order valence-electron chi connectivity index (χ2n) is 5.00. The van der Waals surface area contributed by atoms with Crippen LogP contribution >= 0.6 is 0 Å². The van der Waals surface area contributed by atoms with Crippen molar-refractivity contribution in [3.8, 4) is 0 Å². The zero-order valence-electron chi connectivity index (χ0n) is 12.0. The minimum atomic E-state index is 0.683. The predicted molar refractivity (Wildman–Crippen MR) is 78.2 cm³/mol. The van der Waals surface area contributed by atoms with E-state index in [4.69, 9.17) is 4.42 Å². The summed E-state index contributed by atoms with van der Waals surface area (Å²) in [5.74, 6) is 1.41. The first kappa shape index (κ1) is 14.0. The molecule has 2 rings (SSSR count). The Kier molecular flexibility index (Phi) is 4.93. The fourth-order valence-electron chi connectivity index (χ4n) is 2.27. The molecular weight excluding hydrogens is 238 g/mol. The highest BCUT2D eigenvalue weighted by atomic mass is 16.3. The fourth-order valence-corrected chi connectivity index (χ4v) is 2.27. The van der Waals surface area contributed by atoms with Gasteiger partial charge in [0.05, 0.1) is 0 Å². The van der Waals surface area contributed by atoms with Crippen LogP contribution in [-0.4, -0.2) is 25.1 Å². The molecule has 1 aromatic carbocycles. The molecule has 4 nitrogen and oxygen atoms in total. The van der Waals surface area contributed by atoms with Crippen molar-refractivity contribution in [2.45, 2.75) is 26.8 Å². The Labute approximate surface area is 114 Å². The minimum Gasteiger partial charge on any atom is -0.441 e. The van der Waals surface area contributed by atoms with E-state index in [0.717, 1.165) is 36.6 Å². The Morgan fingerprint density at radius 3 is 2.89 bits per heavy atom. The maximum absolute atomic E-state index is 5.48. The molecule has 0 fully saturated rings. The number of aromatic nitrogens is 1. The zero-order chi connectivity index (χ0) is 13.7. The molecule has 2 aromatic rings. The molecule has 0 radical (unpaired) electrons. The van der Waals surface area contributed by atoms with Gasteiger partial charge in [-0.3, -0.25) is 0 Å². The first-order chi connectivity index (χ1) is 9.22. The summed E-state index contributed by atoms with van der Waals surface area (Å²) < 4.78 is 5.48. The van der Waals surface area contributed by atoms with Crippen molar-refractivity contribution in [1.82, 2.24) is 15.6 Å². The van der Waals surface area contributed by atoms with Gasteiger partial charge in [0.1, 0.15) is 5.52 Å². The van der Waals surface area contributed by atoms with E-state index in [2.05, 4.69) is 34.7 Å². The summed E-state index contributed by atoms with van der Waals surface area (Å²) >= 11 is 0. The van der Waals surface area contributed by atoms with Crippen LogP contribution < -0.4 is 10.6 Å². The smallest absolute Gasteiger partial charge is 0.192 e. The Bertz CT molecular complexity index is 521. The molecule has 1 atom stereocenters. The van der Waals surface area contributed by atoms with Crippen molar-refractivity contribution in [3.63, 3.8) is 0 Å². The van der Waals surface area contributed by atoms with E-state index >= 15 is 0 Å². The third-order valence-corrected chi connectivity index (χ3v) is 3.39. The van der Waals surface area contributed by atoms with Crippen LogP contribution in [0.3, 0.4) is 0 Å². The quantitative estimate of drug-likeness (QED) is 0.804. The van der Waals surface area contributed by atoms with Gasteiger partial charge in [-0.2, -0.15) is 0 Å². The molecule has 0 spiro atoms. The topological polar surface area (TPSA) is 50.1 Å². The number of nitrogens with one attached hydrogen (secondary N) is 2. The zero-order valence-corrected chi connectivity index (χ0v) is 12.0. The van der Waals surface area contributed by atoms with Gasteiger partial charge in [-0.25, -0.2) is 4.98 Å². The van der Waals surface area contributed by atoms with E-state index in [1.807, 2.05) is 20.0 Å². The maximum atomic E-state index is 5.48. The number of nitrogens with zero attached hydrogens (tertiary/aromatic N) is 1. The summed E-state index contributed by atoms with van der Waals surface area (Å²) in [5.41, 5.74) is 3.06. The molecule has 19 heavy (non-hydrogen) atoms. The molecule has 0 bridgehead atoms. The van der Waals surface area contributed by atoms with Crippen LogP contribution in [0, 0.1) is 12.8 Å². The van der Waals surface area contributed by atoms with Crippen molar-refractivity contribution in [3.05, 3.63) is 29.7 Å². The van der Waals surface area contributed by atoms with Gasteiger partial charge in [-0.15, -0.1) is 0 Å². The standard InChI is InChI=1S/C15H23N3O/c1-4-12(8-16-3)9-17-10-13-5-6-15-14(7-13)18-11(2)19-15/h5-7,12,16-17H,4,8-10H2,1-3H3. The molecule has 0 aliphatic carbocycles. The normalized spacial score (nSPS) is 13.0. The predicted octanol–water partition coefficient (Wildman–Crippen LogP) is 2.47. The number of oxazole rings is 1. The Hall–Kier alpha value is -1.39. The first-order valence-electron chi connectivity index (χ1n) is 6.94. The van der Waals surface area contributed by atoms with Gasteiger partial charge in [0.2, 0.25) is 0 Å². The molecule has 0 amide bonds. The Balaban J connectivity index is 1.90. The van der Waals surface area contributed by atoms with E-state index < -0.39 is 0 Å². The summed E-state index contributed by atoms with van der Waals surface area (Å²) in [5, 5.41) is 6.74. The van der Waals surface area contributed by atoms with Gasteiger partial charge in [0.25, 0.3) is 0 Å². The van der Waals surface area contributed by atoms with Gasteiger partial charge in [0, 0.05) is 13.5 Å². The maximum Gasteiger partial charge on any atom is 0.192 e. The van der Waals surface area contributed by atoms with E-state index in [0.29, 0.717) is 5.92 Å². The van der Waals surface area contributed by atoms with Gasteiger partial charge in [0.15, 0.2) is 11.5 Å². The number of rotatable bonds is 7. The van der Waals surface area contributed by atoms with Crippen molar-refractivity contribution >= 4 is 11.1 Å². The number of aryl methyl sites for hydroxylation is 1. The summed E-state index contributed by atoms with van der Waals surface area (Å²) in [7, 11) is 2.00. The Morgan fingerprint density at radius 2 is 2.16 bits per heavy atom. The van der Waals surface area contributed by atoms with Crippen LogP contribution in [0.1, 0.15) is 24.8 Å². The van der Waals surface area contributed by atoms with Gasteiger partial charge in [-0.1, -0.05) is 19.4 Å². The molecule has 0 saturated carbocycles. The lowest BCUT2D eigenvalue weighted by molar-refractivity contribution is 0.445. The lowest BCUT2D eigenvalue weighted by atomic mass is 10.1. The monoisotopic (exact) mass is 261 g/mol. The highest BCUT2D eigenvalue weighted by Crippen LogP contribution is 2.16. The highest BCUT2D eigenvalue weighted by Gasteiger charge is 2.06. The number of hydrogen-bond donors (Lipinski definition) is 2. The minimum absolute atomic E-state index is 0.683. The van der Waals surface area contributed by atoms with E-state index in [1.54, 1.807) is 0 Å². The van der Waals surface area contributed by atoms with E-state index in [1.165, 1.54) is 12.0 Å². The summed E-state index contributed by atoms with van der Waals surface area (Å²) in [6, 6.07) is 6.19. The third kappa shape index (κ3) is 3.78. The molecule has 1 unspecified atom stereocenters. The molecule has 0 aliphatic rings. The van der Waals surface area contributed by atoms with Crippen molar-refractivity contribution < 1.29 is 4.42 Å². The Morgan fingerprint density at radius 1 is 1.32 bits per heavy atom. The molecule has 0 saturated heterocycles. The number of fused-ring (bicyclic) bond motifs is 1. The van der Waals surface area contributed by atoms with Crippen LogP contribution in [0.2, 0.25) is 0 Å². The molecular formula is C15H23N3O. The third-order valence-electron chi connectivity index (χ3n) is 3.39. The van der Waals surface area contributed by atoms with Crippen LogP contribution in [-0.2, 0) is 6.54 Å². The van der Waals surface area contributed by atoms with Crippen molar-refractivity contribution in [2.24, 2.45) is 5.92 Å². The lowest BCUT2D eigenvalue weighted by Gasteiger charge is -2.15. The average Bonchev–Trinajstić information content (AvgIpc) is 2.77. The molecule has 104 valence electrons. The second-order valence-corrected chi connectivity index (χ2v) is 5.00. The van der Waals surface area contributed by atoms with Crippen molar-refractivity contribution in [2.75, 3.05) is 20.1 Å². The summed E-state index contributed by atoms with van der Waals surface area (Å²) in [6.07, 6.45) is 1.19.